The summed E-state index contributed by atoms with van der Waals surface area (Å²) < 4.78 is 2.23. The van der Waals surface area contributed by atoms with E-state index in [2.05, 4.69) is 36.4 Å². The van der Waals surface area contributed by atoms with Gasteiger partial charge in [-0.1, -0.05) is 25.4 Å². The number of halogens is 1. The summed E-state index contributed by atoms with van der Waals surface area (Å²) in [6.07, 6.45) is 0.944. The van der Waals surface area contributed by atoms with Crippen LogP contribution in [0, 0.1) is 11.3 Å². The van der Waals surface area contributed by atoms with Gasteiger partial charge >= 0.3 is 0 Å². The van der Waals surface area contributed by atoms with Gasteiger partial charge in [0, 0.05) is 36.6 Å². The van der Waals surface area contributed by atoms with Crippen molar-refractivity contribution in [3.8, 4) is 6.07 Å². The van der Waals surface area contributed by atoms with Crippen molar-refractivity contribution in [1.29, 1.82) is 5.26 Å². The third kappa shape index (κ3) is 2.46. The maximum absolute atomic E-state index is 9.33. The number of aromatic nitrogens is 2. The topological polar surface area (TPSA) is 44.9 Å². The lowest BCUT2D eigenvalue weighted by molar-refractivity contribution is 0.662. The van der Waals surface area contributed by atoms with E-state index < -0.39 is 0 Å². The second-order valence-corrected chi connectivity index (χ2v) is 6.46. The van der Waals surface area contributed by atoms with Crippen LogP contribution in [0.5, 0.6) is 0 Å². The third-order valence-electron chi connectivity index (χ3n) is 4.23. The minimum Gasteiger partial charge on any atom is -0.364 e. The number of anilines is 1. The lowest BCUT2D eigenvalue weighted by Gasteiger charge is -2.29. The van der Waals surface area contributed by atoms with Crippen LogP contribution in [0.25, 0.3) is 0 Å². The lowest BCUT2D eigenvalue weighted by Crippen LogP contribution is -2.31. The minimum atomic E-state index is 0.411. The second kappa shape index (κ2) is 5.66. The minimum absolute atomic E-state index is 0.411. The highest BCUT2D eigenvalue weighted by Crippen LogP contribution is 2.30. The smallest absolute Gasteiger partial charge is 0.111 e. The fraction of sp³-hybridized carbons (Fsp3) is 0.412. The van der Waals surface area contributed by atoms with Gasteiger partial charge < -0.3 is 9.47 Å². The number of nitrogens with zero attached hydrogens (tertiary/aromatic N) is 4. The summed E-state index contributed by atoms with van der Waals surface area (Å²) in [6.45, 7) is 5.96. The Kier molecular flexibility index (Phi) is 3.84. The molecule has 2 heterocycles. The number of imidazole rings is 1. The molecule has 3 rings (SSSR count). The fourth-order valence-corrected chi connectivity index (χ4v) is 3.32. The summed E-state index contributed by atoms with van der Waals surface area (Å²) in [4.78, 5) is 7.03. The quantitative estimate of drug-likeness (QED) is 0.850. The molecule has 0 N–H and O–H groups in total. The molecule has 0 unspecified atom stereocenters. The van der Waals surface area contributed by atoms with Gasteiger partial charge in [0.2, 0.25) is 0 Å². The summed E-state index contributed by atoms with van der Waals surface area (Å²) in [6, 6.07) is 7.73. The number of fused-ring (bicyclic) bond motifs is 1. The molecule has 1 aromatic heterocycles. The highest BCUT2D eigenvalue weighted by Gasteiger charge is 2.24. The van der Waals surface area contributed by atoms with Crippen LogP contribution in [-0.4, -0.2) is 16.1 Å². The average molecular weight is 315 g/mol. The Hall–Kier alpha value is -1.99. The summed E-state index contributed by atoms with van der Waals surface area (Å²) in [7, 11) is 2.10. The van der Waals surface area contributed by atoms with Crippen LogP contribution in [0.1, 0.15) is 42.5 Å². The number of rotatable bonds is 2. The van der Waals surface area contributed by atoms with Crippen molar-refractivity contribution < 1.29 is 0 Å². The Bertz CT molecular complexity index is 755. The van der Waals surface area contributed by atoms with Gasteiger partial charge in [-0.2, -0.15) is 5.26 Å². The molecule has 0 bridgehead atoms. The first-order valence-corrected chi connectivity index (χ1v) is 7.88. The van der Waals surface area contributed by atoms with Crippen LogP contribution >= 0.6 is 11.6 Å². The first kappa shape index (κ1) is 14.9. The molecule has 0 aliphatic carbocycles. The summed E-state index contributed by atoms with van der Waals surface area (Å²) >= 11 is 5.99. The molecular formula is C17H19ClN4. The van der Waals surface area contributed by atoms with Crippen molar-refractivity contribution in [2.45, 2.75) is 32.7 Å². The maximum atomic E-state index is 9.33. The van der Waals surface area contributed by atoms with Gasteiger partial charge in [0.15, 0.2) is 0 Å². The molecule has 0 saturated carbocycles. The standard InChI is InChI=1S/C17H19ClN4/c1-11(2)17-20-14-10-22(7-6-16(14)21(17)3)15-5-4-13(18)8-12(15)9-19/h4-5,8,11H,6-7,10H2,1-3H3. The third-order valence-corrected chi connectivity index (χ3v) is 4.46. The Morgan fingerprint density at radius 2 is 2.14 bits per heavy atom. The van der Waals surface area contributed by atoms with Crippen LogP contribution in [0.3, 0.4) is 0 Å². The highest BCUT2D eigenvalue weighted by molar-refractivity contribution is 6.30. The van der Waals surface area contributed by atoms with Crippen LogP contribution in [-0.2, 0) is 20.0 Å². The van der Waals surface area contributed by atoms with Gasteiger partial charge in [0.1, 0.15) is 11.9 Å². The van der Waals surface area contributed by atoms with E-state index >= 15 is 0 Å². The molecule has 5 heteroatoms. The van der Waals surface area contributed by atoms with Gasteiger partial charge in [-0.15, -0.1) is 0 Å². The van der Waals surface area contributed by atoms with Gasteiger partial charge in [0.25, 0.3) is 0 Å². The van der Waals surface area contributed by atoms with Gasteiger partial charge in [-0.3, -0.25) is 0 Å². The van der Waals surface area contributed by atoms with E-state index in [0.29, 0.717) is 16.5 Å². The Morgan fingerprint density at radius 3 is 2.82 bits per heavy atom. The van der Waals surface area contributed by atoms with E-state index in [-0.39, 0.29) is 0 Å². The number of hydrogen-bond donors (Lipinski definition) is 0. The number of benzene rings is 1. The van der Waals surface area contributed by atoms with Crippen molar-refractivity contribution in [2.24, 2.45) is 7.05 Å². The summed E-state index contributed by atoms with van der Waals surface area (Å²) in [5.41, 5.74) is 3.99. The zero-order valence-corrected chi connectivity index (χ0v) is 13.9. The molecule has 2 aromatic rings. The molecule has 1 aliphatic rings. The first-order valence-electron chi connectivity index (χ1n) is 7.50. The lowest BCUT2D eigenvalue weighted by atomic mass is 10.1. The zero-order valence-electron chi connectivity index (χ0n) is 13.1. The van der Waals surface area contributed by atoms with E-state index in [1.54, 1.807) is 6.07 Å². The predicted octanol–water partition coefficient (Wildman–Crippen LogP) is 3.63. The van der Waals surface area contributed by atoms with Crippen molar-refractivity contribution in [2.75, 3.05) is 11.4 Å². The normalized spacial score (nSPS) is 14.1. The molecule has 0 fully saturated rings. The molecule has 4 nitrogen and oxygen atoms in total. The van der Waals surface area contributed by atoms with Crippen molar-refractivity contribution >= 4 is 17.3 Å². The molecular weight excluding hydrogens is 296 g/mol. The van der Waals surface area contributed by atoms with Crippen LogP contribution in [0.15, 0.2) is 18.2 Å². The van der Waals surface area contributed by atoms with Gasteiger partial charge in [0.05, 0.1) is 23.5 Å². The second-order valence-electron chi connectivity index (χ2n) is 6.02. The molecule has 0 radical (unpaired) electrons. The van der Waals surface area contributed by atoms with Gasteiger partial charge in [-0.25, -0.2) is 4.98 Å². The van der Waals surface area contributed by atoms with Crippen molar-refractivity contribution in [3.05, 3.63) is 46.0 Å². The Balaban J connectivity index is 1.95. The predicted molar refractivity (Wildman–Crippen MR) is 88.2 cm³/mol. The SMILES string of the molecule is CC(C)c1nc2c(n1C)CCN(c1ccc(Cl)cc1C#N)C2. The van der Waals surface area contributed by atoms with Crippen molar-refractivity contribution in [3.63, 3.8) is 0 Å². The fourth-order valence-electron chi connectivity index (χ4n) is 3.14. The first-order chi connectivity index (χ1) is 10.5. The van der Waals surface area contributed by atoms with Crippen molar-refractivity contribution in [1.82, 2.24) is 9.55 Å². The molecule has 0 amide bonds. The largest absolute Gasteiger partial charge is 0.364 e. The van der Waals surface area contributed by atoms with Gasteiger partial charge in [-0.05, 0) is 18.2 Å². The van der Waals surface area contributed by atoms with E-state index in [1.165, 1.54) is 5.69 Å². The van der Waals surface area contributed by atoms with E-state index in [0.717, 1.165) is 36.7 Å². The molecule has 1 aromatic carbocycles. The summed E-state index contributed by atoms with van der Waals surface area (Å²) in [5, 5.41) is 9.93. The van der Waals surface area contributed by atoms with Crippen LogP contribution in [0.4, 0.5) is 5.69 Å². The number of nitriles is 1. The molecule has 1 aliphatic heterocycles. The number of hydrogen-bond acceptors (Lipinski definition) is 3. The monoisotopic (exact) mass is 314 g/mol. The maximum Gasteiger partial charge on any atom is 0.111 e. The molecule has 114 valence electrons. The summed E-state index contributed by atoms with van der Waals surface area (Å²) in [5.74, 6) is 1.54. The van der Waals surface area contributed by atoms with E-state index in [1.807, 2.05) is 12.1 Å². The molecule has 22 heavy (non-hydrogen) atoms. The van der Waals surface area contributed by atoms with Crippen LogP contribution < -0.4 is 4.90 Å². The Morgan fingerprint density at radius 1 is 1.36 bits per heavy atom. The Labute approximate surface area is 135 Å². The molecule has 0 spiro atoms. The van der Waals surface area contributed by atoms with E-state index in [9.17, 15) is 5.26 Å². The molecule has 0 atom stereocenters. The molecule has 0 saturated heterocycles. The average Bonchev–Trinajstić information content (AvgIpc) is 2.84. The highest BCUT2D eigenvalue weighted by atomic mass is 35.5. The zero-order chi connectivity index (χ0) is 15.9. The van der Waals surface area contributed by atoms with Crippen LogP contribution in [0.2, 0.25) is 5.02 Å². The van der Waals surface area contributed by atoms with E-state index in [4.69, 9.17) is 16.6 Å².